The molecule has 0 saturated heterocycles. The maximum absolute atomic E-state index is 11.6. The third-order valence-corrected chi connectivity index (χ3v) is 3.33. The molecule has 0 fully saturated rings. The minimum atomic E-state index is -3.79. The van der Waals surface area contributed by atoms with Gasteiger partial charge in [0, 0.05) is 6.20 Å². The van der Waals surface area contributed by atoms with E-state index in [1.165, 1.54) is 12.3 Å². The standard InChI is InChI=1S/C10H12N2O6S/c1-18-9(13)3-5-19(16,17)12-8-6-7(10(14)15)2-4-11-8/h2,4,6H,3,5H2,1H3,(H,11,12)(H,14,15). The van der Waals surface area contributed by atoms with Gasteiger partial charge in [0.25, 0.3) is 0 Å². The molecule has 2 N–H and O–H groups in total. The van der Waals surface area contributed by atoms with Gasteiger partial charge in [0.05, 0.1) is 24.8 Å². The molecule has 1 aromatic heterocycles. The van der Waals surface area contributed by atoms with Crippen LogP contribution in [0.4, 0.5) is 5.82 Å². The number of aromatic nitrogens is 1. The first-order chi connectivity index (χ1) is 8.84. The SMILES string of the molecule is COC(=O)CCS(=O)(=O)Nc1cc(C(=O)O)ccn1. The van der Waals surface area contributed by atoms with Crippen molar-refractivity contribution >= 4 is 27.8 Å². The van der Waals surface area contributed by atoms with Crippen LogP contribution in [-0.4, -0.2) is 43.3 Å². The van der Waals surface area contributed by atoms with Crippen LogP contribution in [0.1, 0.15) is 16.8 Å². The number of carboxylic acid groups (broad SMARTS) is 1. The first-order valence-corrected chi connectivity index (χ1v) is 6.76. The van der Waals surface area contributed by atoms with Crippen molar-refractivity contribution in [1.29, 1.82) is 0 Å². The molecule has 0 amide bonds. The van der Waals surface area contributed by atoms with Crippen LogP contribution < -0.4 is 4.72 Å². The molecule has 0 unspecified atom stereocenters. The average Bonchev–Trinajstić information content (AvgIpc) is 2.35. The molecule has 0 saturated carbocycles. The van der Waals surface area contributed by atoms with E-state index in [2.05, 4.69) is 14.4 Å². The van der Waals surface area contributed by atoms with E-state index in [9.17, 15) is 18.0 Å². The number of hydrogen-bond donors (Lipinski definition) is 2. The van der Waals surface area contributed by atoms with Crippen LogP contribution in [0.2, 0.25) is 0 Å². The molecule has 0 spiro atoms. The predicted molar refractivity (Wildman–Crippen MR) is 65.2 cm³/mol. The Bertz CT molecular complexity index is 583. The number of esters is 1. The number of nitrogens with one attached hydrogen (secondary N) is 1. The molecule has 0 aromatic carbocycles. The molecule has 19 heavy (non-hydrogen) atoms. The summed E-state index contributed by atoms with van der Waals surface area (Å²) in [5.74, 6) is -2.45. The number of nitrogens with zero attached hydrogens (tertiary/aromatic N) is 1. The lowest BCUT2D eigenvalue weighted by molar-refractivity contribution is -0.140. The summed E-state index contributed by atoms with van der Waals surface area (Å²) in [6.45, 7) is 0. The number of carboxylic acids is 1. The first kappa shape index (κ1) is 14.9. The Balaban J connectivity index is 2.75. The third kappa shape index (κ3) is 4.92. The van der Waals surface area contributed by atoms with E-state index in [1.54, 1.807) is 0 Å². The van der Waals surface area contributed by atoms with Gasteiger partial charge in [-0.05, 0) is 12.1 Å². The van der Waals surface area contributed by atoms with Crippen molar-refractivity contribution in [2.75, 3.05) is 17.6 Å². The minimum Gasteiger partial charge on any atom is -0.478 e. The van der Waals surface area contributed by atoms with E-state index < -0.39 is 27.7 Å². The van der Waals surface area contributed by atoms with Crippen LogP contribution in [0.25, 0.3) is 0 Å². The van der Waals surface area contributed by atoms with Gasteiger partial charge in [-0.1, -0.05) is 0 Å². The Labute approximate surface area is 109 Å². The van der Waals surface area contributed by atoms with Gasteiger partial charge >= 0.3 is 11.9 Å². The third-order valence-electron chi connectivity index (χ3n) is 2.07. The number of carbonyl (C=O) groups is 2. The van der Waals surface area contributed by atoms with Crippen LogP contribution in [0.5, 0.6) is 0 Å². The zero-order chi connectivity index (χ0) is 14.5. The Morgan fingerprint density at radius 1 is 1.47 bits per heavy atom. The molecule has 1 heterocycles. The van der Waals surface area contributed by atoms with E-state index in [0.29, 0.717) is 0 Å². The monoisotopic (exact) mass is 288 g/mol. The fourth-order valence-electron chi connectivity index (χ4n) is 1.15. The Morgan fingerprint density at radius 3 is 2.74 bits per heavy atom. The molecular weight excluding hydrogens is 276 g/mol. The molecule has 0 aliphatic heterocycles. The van der Waals surface area contributed by atoms with Crippen LogP contribution in [-0.2, 0) is 19.6 Å². The maximum atomic E-state index is 11.6. The van der Waals surface area contributed by atoms with Gasteiger partial charge in [0.2, 0.25) is 10.0 Å². The number of anilines is 1. The quantitative estimate of drug-likeness (QED) is 0.711. The number of rotatable bonds is 6. The molecule has 0 aliphatic carbocycles. The smallest absolute Gasteiger partial charge is 0.335 e. The highest BCUT2D eigenvalue weighted by Crippen LogP contribution is 2.09. The second-order valence-corrected chi connectivity index (χ2v) is 5.32. The summed E-state index contributed by atoms with van der Waals surface area (Å²) >= 11 is 0. The number of ether oxygens (including phenoxy) is 1. The summed E-state index contributed by atoms with van der Waals surface area (Å²) < 4.78 is 29.6. The number of methoxy groups -OCH3 is 1. The highest BCUT2D eigenvalue weighted by molar-refractivity contribution is 7.92. The van der Waals surface area contributed by atoms with E-state index in [1.807, 2.05) is 0 Å². The fourth-order valence-corrected chi connectivity index (χ4v) is 2.12. The molecule has 0 aliphatic rings. The maximum Gasteiger partial charge on any atom is 0.335 e. The van der Waals surface area contributed by atoms with E-state index >= 15 is 0 Å². The summed E-state index contributed by atoms with van der Waals surface area (Å²) in [6, 6.07) is 2.31. The second kappa shape index (κ2) is 6.14. The van der Waals surface area contributed by atoms with Crippen molar-refractivity contribution in [3.8, 4) is 0 Å². The number of sulfonamides is 1. The van der Waals surface area contributed by atoms with Crippen molar-refractivity contribution in [2.24, 2.45) is 0 Å². The van der Waals surface area contributed by atoms with Gasteiger partial charge in [0.15, 0.2) is 0 Å². The van der Waals surface area contributed by atoms with Gasteiger partial charge in [-0.15, -0.1) is 0 Å². The van der Waals surface area contributed by atoms with E-state index in [4.69, 9.17) is 5.11 Å². The van der Waals surface area contributed by atoms with Crippen LogP contribution in [0, 0.1) is 0 Å². The molecule has 9 heteroatoms. The second-order valence-electron chi connectivity index (χ2n) is 3.48. The highest BCUT2D eigenvalue weighted by atomic mass is 32.2. The molecule has 0 bridgehead atoms. The van der Waals surface area contributed by atoms with Gasteiger partial charge in [-0.2, -0.15) is 0 Å². The first-order valence-electron chi connectivity index (χ1n) is 5.11. The topological polar surface area (TPSA) is 123 Å². The lowest BCUT2D eigenvalue weighted by Gasteiger charge is -2.07. The van der Waals surface area contributed by atoms with Crippen molar-refractivity contribution in [3.05, 3.63) is 23.9 Å². The lowest BCUT2D eigenvalue weighted by Crippen LogP contribution is -2.20. The Hall–Kier alpha value is -2.16. The lowest BCUT2D eigenvalue weighted by atomic mass is 10.3. The summed E-state index contributed by atoms with van der Waals surface area (Å²) in [6.07, 6.45) is 0.867. The van der Waals surface area contributed by atoms with Crippen molar-refractivity contribution < 1.29 is 27.9 Å². The molecular formula is C10H12N2O6S. The number of aromatic carboxylic acids is 1. The highest BCUT2D eigenvalue weighted by Gasteiger charge is 2.15. The van der Waals surface area contributed by atoms with E-state index in [-0.39, 0.29) is 17.8 Å². The van der Waals surface area contributed by atoms with Gasteiger partial charge in [-0.25, -0.2) is 18.2 Å². The van der Waals surface area contributed by atoms with Crippen LogP contribution in [0.15, 0.2) is 18.3 Å². The van der Waals surface area contributed by atoms with Gasteiger partial charge < -0.3 is 9.84 Å². The molecule has 1 aromatic rings. The van der Waals surface area contributed by atoms with Crippen molar-refractivity contribution in [3.63, 3.8) is 0 Å². The number of carbonyl (C=O) groups excluding carboxylic acids is 1. The average molecular weight is 288 g/mol. The largest absolute Gasteiger partial charge is 0.478 e. The van der Waals surface area contributed by atoms with E-state index in [0.717, 1.165) is 13.2 Å². The number of pyridine rings is 1. The zero-order valence-corrected chi connectivity index (χ0v) is 10.8. The molecule has 8 nitrogen and oxygen atoms in total. The molecule has 0 radical (unpaired) electrons. The van der Waals surface area contributed by atoms with Crippen molar-refractivity contribution in [2.45, 2.75) is 6.42 Å². The van der Waals surface area contributed by atoms with Crippen LogP contribution in [0.3, 0.4) is 0 Å². The Morgan fingerprint density at radius 2 is 2.16 bits per heavy atom. The predicted octanol–water partition coefficient (Wildman–Crippen LogP) is 0.0846. The Kier molecular flexibility index (Phi) is 4.81. The fraction of sp³-hybridized carbons (Fsp3) is 0.300. The van der Waals surface area contributed by atoms with Gasteiger partial charge in [-0.3, -0.25) is 9.52 Å². The van der Waals surface area contributed by atoms with Crippen LogP contribution >= 0.6 is 0 Å². The molecule has 0 atom stereocenters. The van der Waals surface area contributed by atoms with Gasteiger partial charge in [0.1, 0.15) is 5.82 Å². The van der Waals surface area contributed by atoms with Crippen molar-refractivity contribution in [1.82, 2.24) is 4.98 Å². The minimum absolute atomic E-state index is 0.0966. The zero-order valence-electron chi connectivity index (χ0n) is 9.99. The molecule has 1 rings (SSSR count). The summed E-state index contributed by atoms with van der Waals surface area (Å²) in [5, 5.41) is 8.75. The normalized spacial score (nSPS) is 10.8. The summed E-state index contributed by atoms with van der Waals surface area (Å²) in [5.41, 5.74) is -0.0966. The summed E-state index contributed by atoms with van der Waals surface area (Å²) in [4.78, 5) is 25.2. The molecule has 104 valence electrons. The number of hydrogen-bond acceptors (Lipinski definition) is 6. The summed E-state index contributed by atoms with van der Waals surface area (Å²) in [7, 11) is -2.64.